The molecular formula is C27H46O. The third kappa shape index (κ3) is 13.2. The molecule has 1 aromatic rings. The second-order valence-corrected chi connectivity index (χ2v) is 8.46. The van der Waals surface area contributed by atoms with E-state index in [0.29, 0.717) is 0 Å². The Hall–Kier alpha value is -1.08. The molecule has 0 heterocycles. The molecule has 28 heavy (non-hydrogen) atoms. The molecule has 1 unspecified atom stereocenters. The lowest BCUT2D eigenvalue weighted by atomic mass is 10.0. The number of unbranched alkanes of at least 4 members (excludes halogenated alkanes) is 14. The molecule has 0 saturated carbocycles. The lowest BCUT2D eigenvalue weighted by molar-refractivity contribution is 0.0744. The van der Waals surface area contributed by atoms with Gasteiger partial charge in [-0.25, -0.2) is 0 Å². The van der Waals surface area contributed by atoms with E-state index in [0.717, 1.165) is 18.6 Å². The second kappa shape index (κ2) is 18.0. The Bertz CT molecular complexity index is 464. The number of hydrogen-bond donors (Lipinski definition) is 0. The number of rotatable bonds is 19. The zero-order valence-electron chi connectivity index (χ0n) is 18.9. The number of ether oxygens (including phenoxy) is 1. The van der Waals surface area contributed by atoms with E-state index in [-0.39, 0.29) is 6.10 Å². The van der Waals surface area contributed by atoms with Gasteiger partial charge in [0.05, 0.1) is 0 Å². The van der Waals surface area contributed by atoms with Crippen molar-refractivity contribution in [1.82, 2.24) is 0 Å². The predicted octanol–water partition coefficient (Wildman–Crippen LogP) is 9.19. The van der Waals surface area contributed by atoms with Crippen molar-refractivity contribution in [2.75, 3.05) is 6.61 Å². The van der Waals surface area contributed by atoms with E-state index in [1.54, 1.807) is 0 Å². The Morgan fingerprint density at radius 3 is 1.57 bits per heavy atom. The molecule has 0 bridgehead atoms. The van der Waals surface area contributed by atoms with Crippen molar-refractivity contribution in [3.8, 4) is 0 Å². The molecule has 0 radical (unpaired) electrons. The van der Waals surface area contributed by atoms with Gasteiger partial charge < -0.3 is 4.74 Å². The van der Waals surface area contributed by atoms with Crippen LogP contribution in [0, 0.1) is 0 Å². The highest BCUT2D eigenvalue weighted by atomic mass is 16.5. The van der Waals surface area contributed by atoms with E-state index in [2.05, 4.69) is 44.7 Å². The molecule has 1 nitrogen and oxygen atoms in total. The zero-order valence-corrected chi connectivity index (χ0v) is 18.9. The van der Waals surface area contributed by atoms with Gasteiger partial charge in [-0.2, -0.15) is 0 Å². The van der Waals surface area contributed by atoms with Crippen LogP contribution < -0.4 is 0 Å². The van der Waals surface area contributed by atoms with Crippen molar-refractivity contribution in [1.29, 1.82) is 0 Å². The highest BCUT2D eigenvalue weighted by molar-refractivity contribution is 5.24. The fourth-order valence-corrected chi connectivity index (χ4v) is 3.83. The first-order chi connectivity index (χ1) is 13.8. The summed E-state index contributed by atoms with van der Waals surface area (Å²) < 4.78 is 6.10. The SMILES string of the molecule is C=C(C)C(OCCCCCCCCCCCCCCCCC)c1ccccc1. The van der Waals surface area contributed by atoms with Gasteiger partial charge in [0.1, 0.15) is 6.10 Å². The van der Waals surface area contributed by atoms with Crippen molar-refractivity contribution >= 4 is 0 Å². The summed E-state index contributed by atoms with van der Waals surface area (Å²) in [6.07, 6.45) is 21.0. The van der Waals surface area contributed by atoms with Gasteiger partial charge in [-0.05, 0) is 24.5 Å². The summed E-state index contributed by atoms with van der Waals surface area (Å²) in [5.74, 6) is 0. The highest BCUT2D eigenvalue weighted by Crippen LogP contribution is 2.24. The standard InChI is InChI=1S/C27H46O/c1-4-5-6-7-8-9-10-11-12-13-14-15-16-17-21-24-28-27(25(2)3)26-22-19-18-20-23-26/h18-20,22-23,27H,2,4-17,21,24H2,1,3H3. The van der Waals surface area contributed by atoms with Crippen LogP contribution in [0.15, 0.2) is 42.5 Å². The monoisotopic (exact) mass is 386 g/mol. The Labute approximate surface area is 176 Å². The van der Waals surface area contributed by atoms with Gasteiger partial charge in [-0.1, -0.05) is 134 Å². The molecule has 1 atom stereocenters. The molecule has 0 N–H and O–H groups in total. The minimum atomic E-state index is 0.0489. The van der Waals surface area contributed by atoms with Crippen LogP contribution in [-0.2, 0) is 4.74 Å². The molecule has 1 aromatic carbocycles. The van der Waals surface area contributed by atoms with E-state index in [1.807, 2.05) is 6.07 Å². The average Bonchev–Trinajstić information content (AvgIpc) is 2.70. The van der Waals surface area contributed by atoms with Crippen molar-refractivity contribution < 1.29 is 4.74 Å². The van der Waals surface area contributed by atoms with Crippen LogP contribution >= 0.6 is 0 Å². The quantitative estimate of drug-likeness (QED) is 0.170. The van der Waals surface area contributed by atoms with Gasteiger partial charge in [0.2, 0.25) is 0 Å². The molecule has 0 amide bonds. The first-order valence-corrected chi connectivity index (χ1v) is 12.1. The minimum Gasteiger partial charge on any atom is -0.369 e. The molecule has 0 aliphatic heterocycles. The summed E-state index contributed by atoms with van der Waals surface area (Å²) >= 11 is 0. The molecule has 0 aliphatic carbocycles. The van der Waals surface area contributed by atoms with Crippen molar-refractivity contribution in [2.24, 2.45) is 0 Å². The molecule has 0 saturated heterocycles. The molecule has 0 fully saturated rings. The lowest BCUT2D eigenvalue weighted by Crippen LogP contribution is -2.06. The third-order valence-corrected chi connectivity index (χ3v) is 5.58. The van der Waals surface area contributed by atoms with Gasteiger partial charge in [-0.3, -0.25) is 0 Å². The lowest BCUT2D eigenvalue weighted by Gasteiger charge is -2.18. The maximum absolute atomic E-state index is 6.10. The third-order valence-electron chi connectivity index (χ3n) is 5.58. The molecular weight excluding hydrogens is 340 g/mol. The van der Waals surface area contributed by atoms with Gasteiger partial charge >= 0.3 is 0 Å². The predicted molar refractivity (Wildman–Crippen MR) is 125 cm³/mol. The van der Waals surface area contributed by atoms with E-state index in [9.17, 15) is 0 Å². The van der Waals surface area contributed by atoms with Crippen molar-refractivity contribution in [3.05, 3.63) is 48.0 Å². The second-order valence-electron chi connectivity index (χ2n) is 8.46. The summed E-state index contributed by atoms with van der Waals surface area (Å²) in [5, 5.41) is 0. The first kappa shape index (κ1) is 25.0. The number of benzene rings is 1. The van der Waals surface area contributed by atoms with E-state index < -0.39 is 0 Å². The minimum absolute atomic E-state index is 0.0489. The summed E-state index contributed by atoms with van der Waals surface area (Å²) in [7, 11) is 0. The van der Waals surface area contributed by atoms with Crippen LogP contribution in [0.1, 0.15) is 122 Å². The fourth-order valence-electron chi connectivity index (χ4n) is 3.83. The van der Waals surface area contributed by atoms with E-state index in [4.69, 9.17) is 4.74 Å². The van der Waals surface area contributed by atoms with Crippen LogP contribution in [0.3, 0.4) is 0 Å². The zero-order chi connectivity index (χ0) is 20.3. The smallest absolute Gasteiger partial charge is 0.103 e. The summed E-state index contributed by atoms with van der Waals surface area (Å²) in [5.41, 5.74) is 2.31. The van der Waals surface area contributed by atoms with Crippen LogP contribution in [-0.4, -0.2) is 6.61 Å². The van der Waals surface area contributed by atoms with Crippen LogP contribution in [0.4, 0.5) is 0 Å². The Morgan fingerprint density at radius 2 is 1.14 bits per heavy atom. The normalized spacial score (nSPS) is 12.2. The van der Waals surface area contributed by atoms with Crippen LogP contribution in [0.25, 0.3) is 0 Å². The summed E-state index contributed by atoms with van der Waals surface area (Å²) in [4.78, 5) is 0. The van der Waals surface area contributed by atoms with Crippen molar-refractivity contribution in [2.45, 2.75) is 116 Å². The van der Waals surface area contributed by atoms with Crippen LogP contribution in [0.5, 0.6) is 0 Å². The molecule has 0 aromatic heterocycles. The average molecular weight is 387 g/mol. The van der Waals surface area contributed by atoms with Gasteiger partial charge in [0.15, 0.2) is 0 Å². The topological polar surface area (TPSA) is 9.23 Å². The Balaban J connectivity index is 1.88. The molecule has 0 spiro atoms. The summed E-state index contributed by atoms with van der Waals surface area (Å²) in [6.45, 7) is 9.29. The highest BCUT2D eigenvalue weighted by Gasteiger charge is 2.11. The van der Waals surface area contributed by atoms with Crippen LogP contribution in [0.2, 0.25) is 0 Å². The van der Waals surface area contributed by atoms with Crippen molar-refractivity contribution in [3.63, 3.8) is 0 Å². The maximum atomic E-state index is 6.10. The first-order valence-electron chi connectivity index (χ1n) is 12.1. The summed E-state index contributed by atoms with van der Waals surface area (Å²) in [6, 6.07) is 10.5. The van der Waals surface area contributed by atoms with Gasteiger partial charge in [0.25, 0.3) is 0 Å². The Morgan fingerprint density at radius 1 is 0.714 bits per heavy atom. The van der Waals surface area contributed by atoms with E-state index >= 15 is 0 Å². The van der Waals surface area contributed by atoms with E-state index in [1.165, 1.54) is 95.5 Å². The molecule has 1 heteroatoms. The fraction of sp³-hybridized carbons (Fsp3) is 0.704. The van der Waals surface area contributed by atoms with Gasteiger partial charge in [-0.15, -0.1) is 0 Å². The molecule has 0 aliphatic rings. The molecule has 1 rings (SSSR count). The number of hydrogen-bond acceptors (Lipinski definition) is 1. The largest absolute Gasteiger partial charge is 0.369 e. The maximum Gasteiger partial charge on any atom is 0.103 e. The van der Waals surface area contributed by atoms with Gasteiger partial charge in [0, 0.05) is 6.61 Å². The molecule has 160 valence electrons. The Kier molecular flexibility index (Phi) is 16.0.